The van der Waals surface area contributed by atoms with Crippen LogP contribution in [0.15, 0.2) is 22.7 Å². The first-order chi connectivity index (χ1) is 8.90. The fourth-order valence-corrected chi connectivity index (χ4v) is 1.69. The quantitative estimate of drug-likeness (QED) is 0.660. The van der Waals surface area contributed by atoms with Gasteiger partial charge in [-0.25, -0.2) is 9.59 Å². The zero-order valence-electron chi connectivity index (χ0n) is 10.3. The third-order valence-electron chi connectivity index (χ3n) is 2.36. The van der Waals surface area contributed by atoms with E-state index in [1.54, 1.807) is 6.07 Å². The maximum atomic E-state index is 11.6. The molecule has 0 radical (unpaired) electrons. The lowest BCUT2D eigenvalue weighted by molar-refractivity contribution is -0.146. The van der Waals surface area contributed by atoms with Crippen molar-refractivity contribution in [3.63, 3.8) is 0 Å². The van der Waals surface area contributed by atoms with E-state index in [2.05, 4.69) is 26.6 Å². The molecule has 0 saturated heterocycles. The average molecular weight is 331 g/mol. The minimum Gasteiger partial charge on any atom is -0.479 e. The molecule has 1 rings (SSSR count). The van der Waals surface area contributed by atoms with Gasteiger partial charge < -0.3 is 20.8 Å². The summed E-state index contributed by atoms with van der Waals surface area (Å²) in [6, 6.07) is 5.06. The number of rotatable bonds is 5. The second-order valence-electron chi connectivity index (χ2n) is 4.01. The number of aliphatic carboxylic acids is 1. The van der Waals surface area contributed by atoms with Crippen LogP contribution in [0.3, 0.4) is 0 Å². The van der Waals surface area contributed by atoms with Gasteiger partial charge in [0.25, 0.3) is 0 Å². The standard InChI is InChI=1S/C12H15BrN2O4/c1-7-2-3-8(13)9(6-7)15-12(19)14-5-4-10(16)11(17)18/h2-3,6,10,16H,4-5H2,1H3,(H,17,18)(H2,14,15,19)/t10-/m0/s1. The molecule has 7 heteroatoms. The van der Waals surface area contributed by atoms with Gasteiger partial charge in [0, 0.05) is 17.4 Å². The zero-order valence-corrected chi connectivity index (χ0v) is 11.9. The second-order valence-corrected chi connectivity index (χ2v) is 4.86. The lowest BCUT2D eigenvalue weighted by Crippen LogP contribution is -2.33. The number of urea groups is 1. The predicted molar refractivity (Wildman–Crippen MR) is 74.2 cm³/mol. The molecule has 0 fully saturated rings. The summed E-state index contributed by atoms with van der Waals surface area (Å²) < 4.78 is 0.749. The Bertz CT molecular complexity index is 479. The molecule has 0 unspecified atom stereocenters. The van der Waals surface area contributed by atoms with E-state index < -0.39 is 18.1 Å². The zero-order chi connectivity index (χ0) is 14.4. The van der Waals surface area contributed by atoms with Gasteiger partial charge in [-0.2, -0.15) is 0 Å². The van der Waals surface area contributed by atoms with Crippen molar-refractivity contribution >= 4 is 33.6 Å². The highest BCUT2D eigenvalue weighted by atomic mass is 79.9. The molecule has 104 valence electrons. The molecule has 0 aromatic heterocycles. The number of aliphatic hydroxyl groups is 1. The second kappa shape index (κ2) is 7.10. The Morgan fingerprint density at radius 2 is 2.11 bits per heavy atom. The molecule has 0 aliphatic rings. The topological polar surface area (TPSA) is 98.7 Å². The Morgan fingerprint density at radius 1 is 1.42 bits per heavy atom. The van der Waals surface area contributed by atoms with Crippen LogP contribution >= 0.6 is 15.9 Å². The molecule has 0 spiro atoms. The van der Waals surface area contributed by atoms with Gasteiger partial charge >= 0.3 is 12.0 Å². The van der Waals surface area contributed by atoms with E-state index in [9.17, 15) is 9.59 Å². The first kappa shape index (κ1) is 15.5. The van der Waals surface area contributed by atoms with Gasteiger partial charge in [-0.1, -0.05) is 6.07 Å². The summed E-state index contributed by atoms with van der Waals surface area (Å²) in [6.45, 7) is 1.97. The lowest BCUT2D eigenvalue weighted by atomic mass is 10.2. The van der Waals surface area contributed by atoms with Crippen LogP contribution in [0.1, 0.15) is 12.0 Å². The molecule has 6 nitrogen and oxygen atoms in total. The first-order valence-electron chi connectivity index (χ1n) is 5.62. The number of anilines is 1. The van der Waals surface area contributed by atoms with E-state index in [-0.39, 0.29) is 13.0 Å². The SMILES string of the molecule is Cc1ccc(Br)c(NC(=O)NCC[C@H](O)C(=O)O)c1. The molecule has 1 aromatic carbocycles. The predicted octanol–water partition coefficient (Wildman–Crippen LogP) is 1.71. The number of amides is 2. The molecule has 0 bridgehead atoms. The van der Waals surface area contributed by atoms with Crippen molar-refractivity contribution in [1.29, 1.82) is 0 Å². The Hall–Kier alpha value is -1.60. The number of carbonyl (C=O) groups is 2. The summed E-state index contributed by atoms with van der Waals surface area (Å²) in [4.78, 5) is 21.9. The minimum atomic E-state index is -1.47. The minimum absolute atomic E-state index is 0.0439. The molecule has 0 aliphatic heterocycles. The van der Waals surface area contributed by atoms with Gasteiger partial charge in [-0.05, 0) is 40.5 Å². The number of halogens is 1. The number of hydrogen-bond donors (Lipinski definition) is 4. The van der Waals surface area contributed by atoms with Gasteiger partial charge in [-0.15, -0.1) is 0 Å². The van der Waals surface area contributed by atoms with Crippen LogP contribution in [0.25, 0.3) is 0 Å². The molecule has 19 heavy (non-hydrogen) atoms. The summed E-state index contributed by atoms with van der Waals surface area (Å²) in [6.07, 6.45) is -1.51. The number of nitrogens with one attached hydrogen (secondary N) is 2. The van der Waals surface area contributed by atoms with Crippen molar-refractivity contribution in [2.75, 3.05) is 11.9 Å². The third kappa shape index (κ3) is 5.27. The molecular formula is C12H15BrN2O4. The van der Waals surface area contributed by atoms with Gasteiger partial charge in [0.1, 0.15) is 0 Å². The number of aliphatic hydroxyl groups excluding tert-OH is 1. The molecule has 2 amide bonds. The Balaban J connectivity index is 2.43. The van der Waals surface area contributed by atoms with Crippen LogP contribution < -0.4 is 10.6 Å². The Kier molecular flexibility index (Phi) is 5.78. The summed E-state index contributed by atoms with van der Waals surface area (Å²) in [5.41, 5.74) is 1.62. The highest BCUT2D eigenvalue weighted by Gasteiger charge is 2.13. The smallest absolute Gasteiger partial charge is 0.332 e. The van der Waals surface area contributed by atoms with E-state index in [0.29, 0.717) is 5.69 Å². The number of hydrogen-bond acceptors (Lipinski definition) is 3. The van der Waals surface area contributed by atoms with Crippen LogP contribution in [0.2, 0.25) is 0 Å². The van der Waals surface area contributed by atoms with E-state index in [1.165, 1.54) is 0 Å². The van der Waals surface area contributed by atoms with Crippen molar-refractivity contribution in [2.24, 2.45) is 0 Å². The number of carboxylic acid groups (broad SMARTS) is 1. The third-order valence-corrected chi connectivity index (χ3v) is 3.05. The van der Waals surface area contributed by atoms with E-state index in [4.69, 9.17) is 10.2 Å². The lowest BCUT2D eigenvalue weighted by Gasteiger charge is -2.10. The van der Waals surface area contributed by atoms with Crippen molar-refractivity contribution in [1.82, 2.24) is 5.32 Å². The maximum absolute atomic E-state index is 11.6. The molecule has 1 atom stereocenters. The highest BCUT2D eigenvalue weighted by Crippen LogP contribution is 2.23. The monoisotopic (exact) mass is 330 g/mol. The number of aryl methyl sites for hydroxylation is 1. The van der Waals surface area contributed by atoms with E-state index in [0.717, 1.165) is 10.0 Å². The van der Waals surface area contributed by atoms with Gasteiger partial charge in [0.05, 0.1) is 5.69 Å². The average Bonchev–Trinajstić information content (AvgIpc) is 2.33. The number of carbonyl (C=O) groups excluding carboxylic acids is 1. The maximum Gasteiger partial charge on any atom is 0.332 e. The van der Waals surface area contributed by atoms with Gasteiger partial charge in [0.15, 0.2) is 6.10 Å². The fourth-order valence-electron chi connectivity index (χ4n) is 1.35. The Morgan fingerprint density at radius 3 is 2.74 bits per heavy atom. The summed E-state index contributed by atoms with van der Waals surface area (Å²) >= 11 is 3.31. The fraction of sp³-hybridized carbons (Fsp3) is 0.333. The van der Waals surface area contributed by atoms with Crippen molar-refractivity contribution < 1.29 is 19.8 Å². The van der Waals surface area contributed by atoms with Gasteiger partial charge in [-0.3, -0.25) is 0 Å². The van der Waals surface area contributed by atoms with Crippen LogP contribution in [0.5, 0.6) is 0 Å². The van der Waals surface area contributed by atoms with Crippen LogP contribution in [0, 0.1) is 6.92 Å². The molecule has 0 heterocycles. The molecule has 0 saturated carbocycles. The number of carboxylic acids is 1. The van der Waals surface area contributed by atoms with Crippen molar-refractivity contribution in [2.45, 2.75) is 19.4 Å². The van der Waals surface area contributed by atoms with E-state index >= 15 is 0 Å². The van der Waals surface area contributed by atoms with Crippen LogP contribution in [0.4, 0.5) is 10.5 Å². The summed E-state index contributed by atoms with van der Waals surface area (Å²) in [5.74, 6) is -1.30. The highest BCUT2D eigenvalue weighted by molar-refractivity contribution is 9.10. The molecule has 1 aromatic rings. The van der Waals surface area contributed by atoms with Crippen molar-refractivity contribution in [3.8, 4) is 0 Å². The van der Waals surface area contributed by atoms with Crippen molar-refractivity contribution in [3.05, 3.63) is 28.2 Å². The first-order valence-corrected chi connectivity index (χ1v) is 6.41. The largest absolute Gasteiger partial charge is 0.479 e. The van der Waals surface area contributed by atoms with Crippen LogP contribution in [-0.2, 0) is 4.79 Å². The summed E-state index contributed by atoms with van der Waals surface area (Å²) in [7, 11) is 0. The summed E-state index contributed by atoms with van der Waals surface area (Å²) in [5, 5.41) is 22.6. The molecular weight excluding hydrogens is 316 g/mol. The van der Waals surface area contributed by atoms with E-state index in [1.807, 2.05) is 19.1 Å². The molecule has 4 N–H and O–H groups in total. The normalized spacial score (nSPS) is 11.7. The molecule has 0 aliphatic carbocycles. The van der Waals surface area contributed by atoms with Gasteiger partial charge in [0.2, 0.25) is 0 Å². The van der Waals surface area contributed by atoms with Crippen LogP contribution in [-0.4, -0.2) is 34.9 Å². The number of benzene rings is 1. The Labute approximate surface area is 118 Å².